The lowest BCUT2D eigenvalue weighted by Gasteiger charge is -2.11. The Morgan fingerprint density at radius 1 is 0.967 bits per heavy atom. The average Bonchev–Trinajstić information content (AvgIpc) is 3.21. The summed E-state index contributed by atoms with van der Waals surface area (Å²) in [6, 6.07) is 19.2. The van der Waals surface area contributed by atoms with Gasteiger partial charge in [0.05, 0.1) is 21.1 Å². The molecule has 0 saturated carbocycles. The zero-order chi connectivity index (χ0) is 21.1. The van der Waals surface area contributed by atoms with Crippen molar-refractivity contribution in [1.29, 1.82) is 0 Å². The molecule has 0 fully saturated rings. The maximum atomic E-state index is 12.8. The van der Waals surface area contributed by atoms with Gasteiger partial charge < -0.3 is 4.74 Å². The molecule has 0 amide bonds. The molecule has 0 aliphatic heterocycles. The summed E-state index contributed by atoms with van der Waals surface area (Å²) < 4.78 is 6.91. The van der Waals surface area contributed by atoms with E-state index in [1.54, 1.807) is 36.4 Å². The molecule has 2 heterocycles. The predicted octanol–water partition coefficient (Wildman–Crippen LogP) is 4.20. The van der Waals surface area contributed by atoms with Crippen molar-refractivity contribution in [1.82, 2.24) is 9.78 Å². The summed E-state index contributed by atoms with van der Waals surface area (Å²) in [4.78, 5) is 38.2. The minimum absolute atomic E-state index is 0.0156. The minimum Gasteiger partial charge on any atom is -0.452 e. The second kappa shape index (κ2) is 8.61. The SMILES string of the molecule is O=C(COC(=O)c1nn(Cc2ccccc2)c(=O)c2ccccc12)c1ccc(Cl)s1. The van der Waals surface area contributed by atoms with Crippen molar-refractivity contribution in [3.05, 3.63) is 97.6 Å². The van der Waals surface area contributed by atoms with Crippen LogP contribution in [0.25, 0.3) is 10.8 Å². The molecule has 0 atom stereocenters. The fraction of sp³-hybridized carbons (Fsp3) is 0.0909. The van der Waals surface area contributed by atoms with Crippen molar-refractivity contribution in [3.63, 3.8) is 0 Å². The molecule has 0 bridgehead atoms. The summed E-state index contributed by atoms with van der Waals surface area (Å²) in [5.41, 5.74) is 0.542. The Kier molecular flexibility index (Phi) is 5.74. The molecule has 0 N–H and O–H groups in total. The van der Waals surface area contributed by atoms with Crippen molar-refractivity contribution < 1.29 is 14.3 Å². The molecule has 4 rings (SSSR count). The lowest BCUT2D eigenvalue weighted by Crippen LogP contribution is -2.27. The Morgan fingerprint density at radius 2 is 1.67 bits per heavy atom. The number of esters is 1. The lowest BCUT2D eigenvalue weighted by molar-refractivity contribution is 0.0469. The van der Waals surface area contributed by atoms with E-state index in [4.69, 9.17) is 16.3 Å². The molecular weight excluding hydrogens is 424 g/mol. The van der Waals surface area contributed by atoms with Gasteiger partial charge in [-0.05, 0) is 23.8 Å². The van der Waals surface area contributed by atoms with E-state index in [2.05, 4.69) is 5.10 Å². The van der Waals surface area contributed by atoms with E-state index >= 15 is 0 Å². The number of thiophene rings is 1. The lowest BCUT2D eigenvalue weighted by atomic mass is 10.1. The van der Waals surface area contributed by atoms with Crippen LogP contribution in [0, 0.1) is 0 Å². The first kappa shape index (κ1) is 20.0. The molecule has 0 saturated heterocycles. The number of halogens is 1. The van der Waals surface area contributed by atoms with Crippen molar-refractivity contribution in [2.24, 2.45) is 0 Å². The van der Waals surface area contributed by atoms with Gasteiger partial charge in [0.15, 0.2) is 12.3 Å². The zero-order valence-corrected chi connectivity index (χ0v) is 17.2. The molecule has 8 heteroatoms. The second-order valence-corrected chi connectivity index (χ2v) is 8.16. The molecule has 0 aliphatic rings. The number of rotatable bonds is 6. The van der Waals surface area contributed by atoms with Crippen LogP contribution in [-0.2, 0) is 11.3 Å². The third-order valence-electron chi connectivity index (χ3n) is 4.42. The van der Waals surface area contributed by atoms with Crippen LogP contribution in [0.3, 0.4) is 0 Å². The molecule has 30 heavy (non-hydrogen) atoms. The summed E-state index contributed by atoms with van der Waals surface area (Å²) in [6.07, 6.45) is 0. The monoisotopic (exact) mass is 438 g/mol. The molecule has 6 nitrogen and oxygen atoms in total. The van der Waals surface area contributed by atoms with E-state index in [9.17, 15) is 14.4 Å². The predicted molar refractivity (Wildman–Crippen MR) is 115 cm³/mol. The molecule has 2 aromatic heterocycles. The number of benzene rings is 2. The van der Waals surface area contributed by atoms with Gasteiger partial charge >= 0.3 is 5.97 Å². The summed E-state index contributed by atoms with van der Waals surface area (Å²) in [5.74, 6) is -1.13. The van der Waals surface area contributed by atoms with Crippen molar-refractivity contribution in [3.8, 4) is 0 Å². The molecule has 0 unspecified atom stereocenters. The summed E-state index contributed by atoms with van der Waals surface area (Å²) in [5, 5.41) is 4.98. The number of hydrogen-bond donors (Lipinski definition) is 0. The fourth-order valence-corrected chi connectivity index (χ4v) is 3.95. The molecule has 4 aromatic rings. The van der Waals surface area contributed by atoms with Gasteiger partial charge in [0.2, 0.25) is 5.78 Å². The second-order valence-electron chi connectivity index (χ2n) is 6.45. The number of aromatic nitrogens is 2. The minimum atomic E-state index is -0.774. The number of ketones is 1. The van der Waals surface area contributed by atoms with Crippen molar-refractivity contribution in [2.75, 3.05) is 6.61 Å². The first-order valence-corrected chi connectivity index (χ1v) is 10.2. The van der Waals surface area contributed by atoms with Crippen LogP contribution < -0.4 is 5.56 Å². The van der Waals surface area contributed by atoms with Gasteiger partial charge in [0, 0.05) is 5.39 Å². The number of nitrogens with zero attached hydrogens (tertiary/aromatic N) is 2. The summed E-state index contributed by atoms with van der Waals surface area (Å²) >= 11 is 6.96. The van der Waals surface area contributed by atoms with E-state index in [0.717, 1.165) is 16.9 Å². The topological polar surface area (TPSA) is 78.3 Å². The van der Waals surface area contributed by atoms with E-state index < -0.39 is 12.6 Å². The van der Waals surface area contributed by atoms with Gasteiger partial charge in [-0.2, -0.15) is 5.10 Å². The third kappa shape index (κ3) is 4.17. The van der Waals surface area contributed by atoms with Gasteiger partial charge in [-0.25, -0.2) is 9.48 Å². The van der Waals surface area contributed by atoms with Crippen LogP contribution in [-0.4, -0.2) is 28.1 Å². The smallest absolute Gasteiger partial charge is 0.359 e. The number of Topliss-reactive ketones (excluding diaryl/α,β-unsaturated/α-hetero) is 1. The van der Waals surface area contributed by atoms with E-state index in [1.807, 2.05) is 30.3 Å². The van der Waals surface area contributed by atoms with Gasteiger partial charge in [-0.3, -0.25) is 9.59 Å². The molecule has 2 aromatic carbocycles. The van der Waals surface area contributed by atoms with Crippen molar-refractivity contribution in [2.45, 2.75) is 6.54 Å². The highest BCUT2D eigenvalue weighted by molar-refractivity contribution is 7.18. The molecule has 0 aliphatic carbocycles. The molecular formula is C22H15ClN2O4S. The highest BCUT2D eigenvalue weighted by Crippen LogP contribution is 2.22. The first-order valence-electron chi connectivity index (χ1n) is 9.02. The number of fused-ring (bicyclic) bond motifs is 1. The Hall–Kier alpha value is -3.29. The fourth-order valence-electron chi connectivity index (χ4n) is 2.98. The van der Waals surface area contributed by atoms with Gasteiger partial charge in [0.25, 0.3) is 5.56 Å². The highest BCUT2D eigenvalue weighted by Gasteiger charge is 2.20. The molecule has 150 valence electrons. The maximum absolute atomic E-state index is 12.8. The Labute approximate surface area is 180 Å². The Bertz CT molecular complexity index is 1300. The largest absolute Gasteiger partial charge is 0.452 e. The number of hydrogen-bond acceptors (Lipinski definition) is 6. The van der Waals surface area contributed by atoms with Gasteiger partial charge in [0.1, 0.15) is 0 Å². The van der Waals surface area contributed by atoms with E-state index in [1.165, 1.54) is 4.68 Å². The van der Waals surface area contributed by atoms with E-state index in [0.29, 0.717) is 20.0 Å². The highest BCUT2D eigenvalue weighted by atomic mass is 35.5. The van der Waals surface area contributed by atoms with E-state index in [-0.39, 0.29) is 23.6 Å². The molecule has 0 spiro atoms. The van der Waals surface area contributed by atoms with Crippen LogP contribution in [0.4, 0.5) is 0 Å². The Balaban J connectivity index is 1.65. The van der Waals surface area contributed by atoms with Gasteiger partial charge in [-0.15, -0.1) is 11.3 Å². The Morgan fingerprint density at radius 3 is 2.37 bits per heavy atom. The average molecular weight is 439 g/mol. The maximum Gasteiger partial charge on any atom is 0.359 e. The number of carbonyl (C=O) groups excluding carboxylic acids is 2. The zero-order valence-electron chi connectivity index (χ0n) is 15.6. The van der Waals surface area contributed by atoms with Gasteiger partial charge in [-0.1, -0.05) is 60.1 Å². The van der Waals surface area contributed by atoms with Crippen LogP contribution in [0.15, 0.2) is 71.5 Å². The molecule has 0 radical (unpaired) electrons. The normalized spacial score (nSPS) is 10.8. The number of ether oxygens (including phenoxy) is 1. The number of carbonyl (C=O) groups is 2. The van der Waals surface area contributed by atoms with Crippen LogP contribution in [0.5, 0.6) is 0 Å². The summed E-state index contributed by atoms with van der Waals surface area (Å²) in [6.45, 7) is -0.235. The standard InChI is InChI=1S/C22H15ClN2O4S/c23-19-11-10-18(30-19)17(26)13-29-22(28)20-15-8-4-5-9-16(15)21(27)25(24-20)12-14-6-2-1-3-7-14/h1-11H,12-13H2. The van der Waals surface area contributed by atoms with Crippen LogP contribution >= 0.6 is 22.9 Å². The summed E-state index contributed by atoms with van der Waals surface area (Å²) in [7, 11) is 0. The van der Waals surface area contributed by atoms with Crippen LogP contribution in [0.2, 0.25) is 4.34 Å². The van der Waals surface area contributed by atoms with Crippen LogP contribution in [0.1, 0.15) is 25.7 Å². The van der Waals surface area contributed by atoms with Crippen molar-refractivity contribution >= 4 is 45.5 Å². The third-order valence-corrected chi connectivity index (χ3v) is 5.69. The quantitative estimate of drug-likeness (QED) is 0.333. The first-order chi connectivity index (χ1) is 14.5.